The molecule has 1 aromatic rings. The van der Waals surface area contributed by atoms with Crippen molar-refractivity contribution in [3.8, 4) is 0 Å². The molecule has 1 atom stereocenters. The van der Waals surface area contributed by atoms with Crippen molar-refractivity contribution in [1.29, 1.82) is 0 Å². The van der Waals surface area contributed by atoms with Crippen molar-refractivity contribution in [2.75, 3.05) is 0 Å². The van der Waals surface area contributed by atoms with Crippen molar-refractivity contribution in [2.45, 2.75) is 24.3 Å². The Labute approximate surface area is 105 Å². The fourth-order valence-corrected chi connectivity index (χ4v) is 3.50. The molecule has 17 heavy (non-hydrogen) atoms. The van der Waals surface area contributed by atoms with E-state index < -0.39 is 21.1 Å². The summed E-state index contributed by atoms with van der Waals surface area (Å²) in [5.41, 5.74) is 0.425. The first-order valence-corrected chi connectivity index (χ1v) is 7.15. The number of halogens is 1. The molecular weight excluding hydrogens is 264 g/mol. The Hall–Kier alpha value is -1.07. The molecule has 1 unspecified atom stereocenters. The van der Waals surface area contributed by atoms with E-state index in [-0.39, 0.29) is 12.2 Å². The third-order valence-electron chi connectivity index (χ3n) is 2.39. The molecule has 1 rings (SSSR count). The van der Waals surface area contributed by atoms with Crippen LogP contribution in [-0.2, 0) is 20.4 Å². The topological polar surface area (TPSA) is 71.4 Å². The monoisotopic (exact) mass is 276 g/mol. The van der Waals surface area contributed by atoms with E-state index in [9.17, 15) is 13.2 Å². The van der Waals surface area contributed by atoms with Crippen molar-refractivity contribution in [3.63, 3.8) is 0 Å². The first-order chi connectivity index (χ1) is 7.88. The van der Waals surface area contributed by atoms with Crippen LogP contribution < -0.4 is 0 Å². The molecule has 1 aromatic carbocycles. The van der Waals surface area contributed by atoms with Crippen LogP contribution in [-0.4, -0.2) is 24.7 Å². The van der Waals surface area contributed by atoms with Crippen LogP contribution in [0.3, 0.4) is 0 Å². The number of benzene rings is 1. The van der Waals surface area contributed by atoms with Gasteiger partial charge in [-0.2, -0.15) is 0 Å². The number of carboxylic acid groups (broad SMARTS) is 1. The molecule has 0 heterocycles. The second-order valence-corrected chi connectivity index (χ2v) is 6.22. The lowest BCUT2D eigenvalue weighted by Gasteiger charge is -2.12. The van der Waals surface area contributed by atoms with Crippen molar-refractivity contribution in [1.82, 2.24) is 0 Å². The van der Waals surface area contributed by atoms with Crippen LogP contribution in [0.2, 0.25) is 5.02 Å². The van der Waals surface area contributed by atoms with Gasteiger partial charge in [0.15, 0.2) is 15.1 Å². The molecule has 0 amide bonds. The Kier molecular flexibility index (Phi) is 4.54. The zero-order chi connectivity index (χ0) is 13.1. The molecule has 0 aliphatic carbocycles. The van der Waals surface area contributed by atoms with Gasteiger partial charge in [0.2, 0.25) is 0 Å². The van der Waals surface area contributed by atoms with Gasteiger partial charge in [-0.1, -0.05) is 36.7 Å². The van der Waals surface area contributed by atoms with E-state index in [1.54, 1.807) is 24.3 Å². The summed E-state index contributed by atoms with van der Waals surface area (Å²) in [4.78, 5) is 10.8. The maximum atomic E-state index is 11.9. The lowest BCUT2D eigenvalue weighted by molar-refractivity contribution is -0.136. The number of carboxylic acids is 1. The highest BCUT2D eigenvalue weighted by atomic mass is 35.5. The highest BCUT2D eigenvalue weighted by molar-refractivity contribution is 7.92. The van der Waals surface area contributed by atoms with Crippen LogP contribution in [0.5, 0.6) is 0 Å². The Balaban J connectivity index is 3.02. The van der Waals surface area contributed by atoms with Crippen molar-refractivity contribution in [3.05, 3.63) is 34.9 Å². The van der Waals surface area contributed by atoms with Gasteiger partial charge in [0.1, 0.15) is 0 Å². The van der Waals surface area contributed by atoms with Gasteiger partial charge in [-0.25, -0.2) is 8.42 Å². The van der Waals surface area contributed by atoms with Crippen LogP contribution in [0.4, 0.5) is 0 Å². The van der Waals surface area contributed by atoms with Gasteiger partial charge in [0, 0.05) is 5.02 Å². The minimum absolute atomic E-state index is 0.0438. The molecule has 6 heteroatoms. The van der Waals surface area contributed by atoms with Crippen LogP contribution >= 0.6 is 11.6 Å². The summed E-state index contributed by atoms with van der Waals surface area (Å²) in [6.07, 6.45) is 0.0438. The van der Waals surface area contributed by atoms with Crippen molar-refractivity contribution in [2.24, 2.45) is 0 Å². The molecular formula is C11H13ClO4S. The van der Waals surface area contributed by atoms with Gasteiger partial charge < -0.3 is 5.11 Å². The lowest BCUT2D eigenvalue weighted by atomic mass is 10.2. The van der Waals surface area contributed by atoms with E-state index in [0.29, 0.717) is 10.6 Å². The molecule has 94 valence electrons. The maximum absolute atomic E-state index is 11.9. The Morgan fingerprint density at radius 3 is 2.47 bits per heavy atom. The summed E-state index contributed by atoms with van der Waals surface area (Å²) < 4.78 is 23.8. The summed E-state index contributed by atoms with van der Waals surface area (Å²) in [6.45, 7) is 1.53. The summed E-state index contributed by atoms with van der Waals surface area (Å²) in [6, 6.07) is 6.51. The van der Waals surface area contributed by atoms with E-state index in [0.717, 1.165) is 0 Å². The number of carbonyl (C=O) groups is 1. The Morgan fingerprint density at radius 1 is 1.41 bits per heavy atom. The van der Waals surface area contributed by atoms with Gasteiger partial charge in [-0.15, -0.1) is 0 Å². The minimum atomic E-state index is -3.73. The smallest absolute Gasteiger partial charge is 0.321 e. The van der Waals surface area contributed by atoms with E-state index in [1.165, 1.54) is 6.92 Å². The molecule has 0 aliphatic rings. The summed E-state index contributed by atoms with van der Waals surface area (Å²) >= 11 is 5.85. The quantitative estimate of drug-likeness (QED) is 0.894. The Morgan fingerprint density at radius 2 is 2.00 bits per heavy atom. The molecule has 0 saturated carbocycles. The van der Waals surface area contributed by atoms with Crippen LogP contribution in [0, 0.1) is 0 Å². The van der Waals surface area contributed by atoms with E-state index in [1.807, 2.05) is 0 Å². The number of rotatable bonds is 5. The third kappa shape index (κ3) is 3.44. The van der Waals surface area contributed by atoms with Gasteiger partial charge in [0.25, 0.3) is 0 Å². The van der Waals surface area contributed by atoms with Crippen molar-refractivity contribution >= 4 is 27.4 Å². The standard InChI is InChI=1S/C11H13ClO4S/c1-2-10(11(13)14)17(15,16)7-8-5-3-4-6-9(8)12/h3-6,10H,2,7H2,1H3,(H,13,14). The first kappa shape index (κ1) is 14.0. The lowest BCUT2D eigenvalue weighted by Crippen LogP contribution is -2.30. The van der Waals surface area contributed by atoms with E-state index >= 15 is 0 Å². The summed E-state index contributed by atoms with van der Waals surface area (Å²) in [7, 11) is -3.73. The molecule has 4 nitrogen and oxygen atoms in total. The average Bonchev–Trinajstić information content (AvgIpc) is 2.21. The number of hydrogen-bond acceptors (Lipinski definition) is 3. The molecule has 0 spiro atoms. The zero-order valence-electron chi connectivity index (χ0n) is 9.26. The molecule has 0 saturated heterocycles. The van der Waals surface area contributed by atoms with E-state index in [2.05, 4.69) is 0 Å². The first-order valence-electron chi connectivity index (χ1n) is 5.06. The summed E-state index contributed by atoms with van der Waals surface area (Å²) in [5, 5.41) is 7.80. The average molecular weight is 277 g/mol. The van der Waals surface area contributed by atoms with Crippen molar-refractivity contribution < 1.29 is 18.3 Å². The fraction of sp³-hybridized carbons (Fsp3) is 0.364. The summed E-state index contributed by atoms with van der Waals surface area (Å²) in [5.74, 6) is -1.67. The van der Waals surface area contributed by atoms with Gasteiger partial charge in [-0.3, -0.25) is 4.79 Å². The van der Waals surface area contributed by atoms with Gasteiger partial charge >= 0.3 is 5.97 Å². The second-order valence-electron chi connectivity index (χ2n) is 3.63. The highest BCUT2D eigenvalue weighted by Crippen LogP contribution is 2.20. The molecule has 1 N–H and O–H groups in total. The maximum Gasteiger partial charge on any atom is 0.321 e. The second kappa shape index (κ2) is 5.51. The zero-order valence-corrected chi connectivity index (χ0v) is 10.8. The predicted molar refractivity (Wildman–Crippen MR) is 65.8 cm³/mol. The molecule has 0 aromatic heterocycles. The molecule has 0 bridgehead atoms. The van der Waals surface area contributed by atoms with E-state index in [4.69, 9.17) is 16.7 Å². The molecule has 0 aliphatic heterocycles. The third-order valence-corrected chi connectivity index (χ3v) is 4.88. The normalized spacial score (nSPS) is 13.3. The van der Waals surface area contributed by atoms with Gasteiger partial charge in [0.05, 0.1) is 5.75 Å². The minimum Gasteiger partial charge on any atom is -0.480 e. The Bertz CT molecular complexity index is 510. The number of hydrogen-bond donors (Lipinski definition) is 1. The number of sulfone groups is 1. The van der Waals surface area contributed by atoms with Crippen LogP contribution in [0.1, 0.15) is 18.9 Å². The highest BCUT2D eigenvalue weighted by Gasteiger charge is 2.31. The molecule has 0 fully saturated rings. The fourth-order valence-electron chi connectivity index (χ4n) is 1.51. The predicted octanol–water partition coefficient (Wildman–Crippen LogP) is 2.12. The van der Waals surface area contributed by atoms with Gasteiger partial charge in [-0.05, 0) is 18.1 Å². The van der Waals surface area contributed by atoms with Crippen LogP contribution in [0.25, 0.3) is 0 Å². The molecule has 0 radical (unpaired) electrons. The number of aliphatic carboxylic acids is 1. The SMILES string of the molecule is CCC(C(=O)O)S(=O)(=O)Cc1ccccc1Cl. The largest absolute Gasteiger partial charge is 0.480 e. The van der Waals surface area contributed by atoms with Crippen LogP contribution in [0.15, 0.2) is 24.3 Å².